The molecule has 2 aromatic rings. The third kappa shape index (κ3) is 2.46. The Labute approximate surface area is 120 Å². The minimum absolute atomic E-state index is 0.0212. The first-order valence-corrected chi connectivity index (χ1v) is 6.16. The Bertz CT molecular complexity index is 624. The van der Waals surface area contributed by atoms with Crippen molar-refractivity contribution in [3.8, 4) is 17.0 Å². The number of halogens is 3. The molecule has 0 atom stereocenters. The van der Waals surface area contributed by atoms with E-state index < -0.39 is 5.82 Å². The van der Waals surface area contributed by atoms with Gasteiger partial charge in [0.15, 0.2) is 11.6 Å². The minimum Gasteiger partial charge on any atom is -0.492 e. The number of methoxy groups -OCH3 is 1. The third-order valence-corrected chi connectivity index (χ3v) is 3.47. The van der Waals surface area contributed by atoms with Crippen molar-refractivity contribution in [3.63, 3.8) is 0 Å². The second-order valence-corrected chi connectivity index (χ2v) is 4.72. The van der Waals surface area contributed by atoms with Gasteiger partial charge in [-0.05, 0) is 25.1 Å². The lowest BCUT2D eigenvalue weighted by Gasteiger charge is -2.11. The number of pyridine rings is 1. The molecule has 1 aromatic heterocycles. The van der Waals surface area contributed by atoms with Crippen LogP contribution in [0.2, 0.25) is 10.0 Å². The number of benzene rings is 1. The molecular formula is C13H11Cl2FN2O. The van der Waals surface area contributed by atoms with Gasteiger partial charge in [-0.2, -0.15) is 0 Å². The SMILES string of the molecule is COc1c(Cl)ccc(-c2cc(N)c(Cl)c(C)n2)c1F. The van der Waals surface area contributed by atoms with Crippen molar-refractivity contribution in [2.45, 2.75) is 6.92 Å². The summed E-state index contributed by atoms with van der Waals surface area (Å²) < 4.78 is 19.2. The van der Waals surface area contributed by atoms with Crippen LogP contribution in [0.15, 0.2) is 18.2 Å². The lowest BCUT2D eigenvalue weighted by atomic mass is 10.1. The molecule has 0 radical (unpaired) electrons. The van der Waals surface area contributed by atoms with Crippen molar-refractivity contribution in [1.29, 1.82) is 0 Å². The van der Waals surface area contributed by atoms with E-state index in [0.717, 1.165) is 0 Å². The van der Waals surface area contributed by atoms with Crippen LogP contribution in [0, 0.1) is 12.7 Å². The Balaban J connectivity index is 2.66. The molecule has 1 heterocycles. The van der Waals surface area contributed by atoms with E-state index in [1.54, 1.807) is 13.0 Å². The van der Waals surface area contributed by atoms with Gasteiger partial charge in [-0.25, -0.2) is 4.39 Å². The van der Waals surface area contributed by atoms with Crippen molar-refractivity contribution in [2.75, 3.05) is 12.8 Å². The largest absolute Gasteiger partial charge is 0.492 e. The maximum Gasteiger partial charge on any atom is 0.175 e. The van der Waals surface area contributed by atoms with Crippen LogP contribution in [-0.4, -0.2) is 12.1 Å². The van der Waals surface area contributed by atoms with Crippen molar-refractivity contribution in [1.82, 2.24) is 4.98 Å². The molecule has 3 nitrogen and oxygen atoms in total. The average molecular weight is 301 g/mol. The topological polar surface area (TPSA) is 48.1 Å². The van der Waals surface area contributed by atoms with Gasteiger partial charge in [0.25, 0.3) is 0 Å². The third-order valence-electron chi connectivity index (χ3n) is 2.68. The predicted molar refractivity (Wildman–Crippen MR) is 75.4 cm³/mol. The van der Waals surface area contributed by atoms with Gasteiger partial charge < -0.3 is 10.5 Å². The van der Waals surface area contributed by atoms with Gasteiger partial charge in [-0.1, -0.05) is 23.2 Å². The average Bonchev–Trinajstić information content (AvgIpc) is 2.36. The number of hydrogen-bond acceptors (Lipinski definition) is 3. The fourth-order valence-corrected chi connectivity index (χ4v) is 2.06. The Kier molecular flexibility index (Phi) is 3.83. The standard InChI is InChI=1S/C13H11Cl2FN2O/c1-6-11(15)9(17)5-10(18-6)7-3-4-8(14)13(19-2)12(7)16/h3-5H,1-2H3,(H2,17,18). The van der Waals surface area contributed by atoms with E-state index in [-0.39, 0.29) is 16.3 Å². The fourth-order valence-electron chi connectivity index (χ4n) is 1.74. The molecular weight excluding hydrogens is 290 g/mol. The molecule has 0 spiro atoms. The first kappa shape index (κ1) is 13.9. The Morgan fingerprint density at radius 2 is 2.00 bits per heavy atom. The summed E-state index contributed by atoms with van der Waals surface area (Å²) in [6.07, 6.45) is 0. The normalized spacial score (nSPS) is 10.6. The van der Waals surface area contributed by atoms with Crippen LogP contribution in [0.4, 0.5) is 10.1 Å². The van der Waals surface area contributed by atoms with E-state index in [4.69, 9.17) is 33.7 Å². The molecule has 2 N–H and O–H groups in total. The summed E-state index contributed by atoms with van der Waals surface area (Å²) in [6.45, 7) is 1.70. The lowest BCUT2D eigenvalue weighted by Crippen LogP contribution is -1.98. The van der Waals surface area contributed by atoms with Crippen LogP contribution in [0.5, 0.6) is 5.75 Å². The highest BCUT2D eigenvalue weighted by Crippen LogP contribution is 2.35. The van der Waals surface area contributed by atoms with Crippen molar-refractivity contribution >= 4 is 28.9 Å². The summed E-state index contributed by atoms with van der Waals surface area (Å²) >= 11 is 11.8. The van der Waals surface area contributed by atoms with E-state index >= 15 is 0 Å². The zero-order chi connectivity index (χ0) is 14.2. The van der Waals surface area contributed by atoms with Gasteiger partial charge in [-0.3, -0.25) is 4.98 Å². The first-order chi connectivity index (χ1) is 8.95. The summed E-state index contributed by atoms with van der Waals surface area (Å²) in [5.74, 6) is -0.601. The van der Waals surface area contributed by atoms with Crippen LogP contribution in [0.3, 0.4) is 0 Å². The van der Waals surface area contributed by atoms with Crippen molar-refractivity contribution in [2.24, 2.45) is 0 Å². The summed E-state index contributed by atoms with van der Waals surface area (Å²) in [4.78, 5) is 4.22. The van der Waals surface area contributed by atoms with E-state index in [0.29, 0.717) is 22.1 Å². The molecule has 2 rings (SSSR count). The van der Waals surface area contributed by atoms with E-state index in [1.807, 2.05) is 0 Å². The van der Waals surface area contributed by atoms with Crippen LogP contribution in [-0.2, 0) is 0 Å². The Morgan fingerprint density at radius 1 is 1.32 bits per heavy atom. The van der Waals surface area contributed by atoms with Gasteiger partial charge >= 0.3 is 0 Å². The molecule has 1 aromatic carbocycles. The molecule has 100 valence electrons. The fraction of sp³-hybridized carbons (Fsp3) is 0.154. The zero-order valence-electron chi connectivity index (χ0n) is 10.3. The number of aromatic nitrogens is 1. The molecule has 19 heavy (non-hydrogen) atoms. The molecule has 0 aliphatic carbocycles. The molecule has 0 saturated carbocycles. The van der Waals surface area contributed by atoms with Gasteiger partial charge in [0.05, 0.1) is 34.2 Å². The van der Waals surface area contributed by atoms with Crippen molar-refractivity contribution < 1.29 is 9.13 Å². The molecule has 0 aliphatic rings. The number of hydrogen-bond donors (Lipinski definition) is 1. The van der Waals surface area contributed by atoms with Crippen LogP contribution in [0.25, 0.3) is 11.3 Å². The number of nitrogens with zero attached hydrogens (tertiary/aromatic N) is 1. The van der Waals surface area contributed by atoms with Gasteiger partial charge in [-0.15, -0.1) is 0 Å². The Hall–Kier alpha value is -1.52. The highest BCUT2D eigenvalue weighted by molar-refractivity contribution is 6.33. The van der Waals surface area contributed by atoms with E-state index in [1.165, 1.54) is 19.2 Å². The highest BCUT2D eigenvalue weighted by Gasteiger charge is 2.16. The number of ether oxygens (including phenoxy) is 1. The van der Waals surface area contributed by atoms with Gasteiger partial charge in [0.1, 0.15) is 0 Å². The number of rotatable bonds is 2. The second-order valence-electron chi connectivity index (χ2n) is 3.94. The van der Waals surface area contributed by atoms with Crippen LogP contribution < -0.4 is 10.5 Å². The number of nitrogen functional groups attached to an aromatic ring is 1. The second kappa shape index (κ2) is 5.23. The molecule has 0 fully saturated rings. The smallest absolute Gasteiger partial charge is 0.175 e. The zero-order valence-corrected chi connectivity index (χ0v) is 11.8. The first-order valence-electron chi connectivity index (χ1n) is 5.40. The monoisotopic (exact) mass is 300 g/mol. The molecule has 0 amide bonds. The molecule has 0 bridgehead atoms. The van der Waals surface area contributed by atoms with E-state index in [2.05, 4.69) is 4.98 Å². The summed E-state index contributed by atoms with van der Waals surface area (Å²) in [7, 11) is 1.35. The number of aryl methyl sites for hydroxylation is 1. The lowest BCUT2D eigenvalue weighted by molar-refractivity contribution is 0.387. The minimum atomic E-state index is -0.580. The summed E-state index contributed by atoms with van der Waals surface area (Å²) in [5, 5.41) is 0.562. The molecule has 0 unspecified atom stereocenters. The predicted octanol–water partition coefficient (Wildman–Crippen LogP) is 4.09. The van der Waals surface area contributed by atoms with Gasteiger partial charge in [0, 0.05) is 5.56 Å². The molecule has 0 saturated heterocycles. The number of nitrogens with two attached hydrogens (primary N) is 1. The molecule has 0 aliphatic heterocycles. The summed E-state index contributed by atoms with van der Waals surface area (Å²) in [5.41, 5.74) is 7.27. The van der Waals surface area contributed by atoms with Crippen molar-refractivity contribution in [3.05, 3.63) is 39.8 Å². The van der Waals surface area contributed by atoms with Gasteiger partial charge in [0.2, 0.25) is 0 Å². The van der Waals surface area contributed by atoms with Crippen LogP contribution in [0.1, 0.15) is 5.69 Å². The maximum atomic E-state index is 14.3. The number of anilines is 1. The van der Waals surface area contributed by atoms with Crippen LogP contribution >= 0.6 is 23.2 Å². The Morgan fingerprint density at radius 3 is 2.58 bits per heavy atom. The summed E-state index contributed by atoms with van der Waals surface area (Å²) in [6, 6.07) is 4.58. The highest BCUT2D eigenvalue weighted by atomic mass is 35.5. The quantitative estimate of drug-likeness (QED) is 0.908. The molecule has 6 heteroatoms. The maximum absolute atomic E-state index is 14.3. The van der Waals surface area contributed by atoms with E-state index in [9.17, 15) is 4.39 Å².